The van der Waals surface area contributed by atoms with Crippen LogP contribution in [0.25, 0.3) is 5.69 Å². The van der Waals surface area contributed by atoms with Gasteiger partial charge in [0.15, 0.2) is 0 Å². The number of nitrogens with zero attached hydrogens (tertiary/aromatic N) is 3. The highest BCUT2D eigenvalue weighted by molar-refractivity contribution is 5.95. The molecule has 7 nitrogen and oxygen atoms in total. The van der Waals surface area contributed by atoms with Crippen LogP contribution in [0.4, 0.5) is 9.18 Å². The molecule has 3 rings (SSSR count). The average molecular weight is 402 g/mol. The fraction of sp³-hybridized carbons (Fsp3) is 0.476. The van der Waals surface area contributed by atoms with E-state index in [4.69, 9.17) is 4.74 Å². The van der Waals surface area contributed by atoms with Gasteiger partial charge in [-0.1, -0.05) is 0 Å². The first-order valence-corrected chi connectivity index (χ1v) is 9.73. The molecular weight excluding hydrogens is 375 g/mol. The number of halogens is 1. The number of benzene rings is 1. The van der Waals surface area contributed by atoms with Gasteiger partial charge in [-0.05, 0) is 64.8 Å². The average Bonchev–Trinajstić information content (AvgIpc) is 3.02. The Morgan fingerprint density at radius 3 is 2.38 bits per heavy atom. The molecule has 1 aliphatic heterocycles. The third kappa shape index (κ3) is 5.13. The Morgan fingerprint density at radius 2 is 1.79 bits per heavy atom. The zero-order chi connectivity index (χ0) is 21.2. The number of carbonyl (C=O) groups is 2. The second-order valence-electron chi connectivity index (χ2n) is 8.24. The monoisotopic (exact) mass is 402 g/mol. The number of ether oxygens (including phenoxy) is 1. The van der Waals surface area contributed by atoms with Crippen LogP contribution in [0.3, 0.4) is 0 Å². The van der Waals surface area contributed by atoms with Crippen LogP contribution >= 0.6 is 0 Å². The first-order valence-electron chi connectivity index (χ1n) is 9.73. The Balaban J connectivity index is 1.60. The molecule has 1 saturated heterocycles. The number of rotatable bonds is 3. The van der Waals surface area contributed by atoms with Crippen LogP contribution in [0.1, 0.15) is 49.7 Å². The molecule has 1 aliphatic rings. The van der Waals surface area contributed by atoms with E-state index in [9.17, 15) is 14.0 Å². The second kappa shape index (κ2) is 8.23. The predicted octanol–water partition coefficient (Wildman–Crippen LogP) is 3.45. The summed E-state index contributed by atoms with van der Waals surface area (Å²) in [7, 11) is 0. The number of hydrogen-bond acceptors (Lipinski definition) is 4. The van der Waals surface area contributed by atoms with Crippen molar-refractivity contribution in [2.24, 2.45) is 0 Å². The van der Waals surface area contributed by atoms with Crippen LogP contribution < -0.4 is 5.32 Å². The lowest BCUT2D eigenvalue weighted by Gasteiger charge is -2.32. The molecule has 8 heteroatoms. The van der Waals surface area contributed by atoms with Crippen molar-refractivity contribution < 1.29 is 18.7 Å². The summed E-state index contributed by atoms with van der Waals surface area (Å²) in [5.41, 5.74) is 1.38. The van der Waals surface area contributed by atoms with Gasteiger partial charge in [0, 0.05) is 19.1 Å². The standard InChI is InChI=1S/C21H27FN4O3/c1-14-18(13-23-26(14)17-7-5-15(22)6-8-17)19(27)25-11-9-16(10-12-25)24-20(28)29-21(2,3)4/h5-8,13,16H,9-12H2,1-4H3,(H,24,28). The van der Waals surface area contributed by atoms with Crippen molar-refractivity contribution in [2.45, 2.75) is 52.2 Å². The van der Waals surface area contributed by atoms with Crippen molar-refractivity contribution in [3.05, 3.63) is 47.5 Å². The largest absolute Gasteiger partial charge is 0.444 e. The second-order valence-corrected chi connectivity index (χ2v) is 8.24. The summed E-state index contributed by atoms with van der Waals surface area (Å²) in [6.45, 7) is 8.37. The summed E-state index contributed by atoms with van der Waals surface area (Å²) >= 11 is 0. The lowest BCUT2D eigenvalue weighted by molar-refractivity contribution is 0.0473. The Bertz CT molecular complexity index is 878. The quantitative estimate of drug-likeness (QED) is 0.853. The number of nitrogens with one attached hydrogen (secondary N) is 1. The van der Waals surface area contributed by atoms with Crippen LogP contribution in [-0.4, -0.2) is 51.4 Å². The highest BCUT2D eigenvalue weighted by atomic mass is 19.1. The lowest BCUT2D eigenvalue weighted by atomic mass is 10.0. The highest BCUT2D eigenvalue weighted by Gasteiger charge is 2.28. The number of carbonyl (C=O) groups excluding carboxylic acids is 2. The molecule has 2 heterocycles. The molecule has 0 radical (unpaired) electrons. The summed E-state index contributed by atoms with van der Waals surface area (Å²) in [6.07, 6.45) is 2.44. The molecule has 0 spiro atoms. The number of hydrogen-bond donors (Lipinski definition) is 1. The Morgan fingerprint density at radius 1 is 1.17 bits per heavy atom. The van der Waals surface area contributed by atoms with Crippen LogP contribution in [-0.2, 0) is 4.74 Å². The van der Waals surface area contributed by atoms with Crippen molar-refractivity contribution >= 4 is 12.0 Å². The minimum atomic E-state index is -0.539. The summed E-state index contributed by atoms with van der Waals surface area (Å²) in [6, 6.07) is 5.95. The molecule has 156 valence electrons. The maximum Gasteiger partial charge on any atom is 0.407 e. The van der Waals surface area contributed by atoms with Crippen molar-refractivity contribution in [1.82, 2.24) is 20.0 Å². The van der Waals surface area contributed by atoms with E-state index < -0.39 is 11.7 Å². The predicted molar refractivity (Wildman–Crippen MR) is 107 cm³/mol. The molecule has 2 aromatic rings. The van der Waals surface area contributed by atoms with E-state index in [1.807, 2.05) is 27.7 Å². The molecule has 2 amide bonds. The first kappa shape index (κ1) is 20.8. The third-order valence-corrected chi connectivity index (χ3v) is 4.81. The van der Waals surface area contributed by atoms with E-state index in [1.165, 1.54) is 12.1 Å². The summed E-state index contributed by atoms with van der Waals surface area (Å²) in [4.78, 5) is 26.6. The van der Waals surface area contributed by atoms with Gasteiger partial charge in [-0.3, -0.25) is 4.79 Å². The van der Waals surface area contributed by atoms with Gasteiger partial charge < -0.3 is 15.0 Å². The molecule has 1 aromatic carbocycles. The summed E-state index contributed by atoms with van der Waals surface area (Å²) in [5.74, 6) is -0.413. The molecule has 0 aliphatic carbocycles. The third-order valence-electron chi connectivity index (χ3n) is 4.81. The lowest BCUT2D eigenvalue weighted by Crippen LogP contribution is -2.47. The minimum Gasteiger partial charge on any atom is -0.444 e. The zero-order valence-corrected chi connectivity index (χ0v) is 17.2. The van der Waals surface area contributed by atoms with E-state index in [-0.39, 0.29) is 17.8 Å². The normalized spacial score (nSPS) is 15.3. The summed E-state index contributed by atoms with van der Waals surface area (Å²) in [5, 5.41) is 7.16. The van der Waals surface area contributed by atoms with Crippen molar-refractivity contribution in [3.63, 3.8) is 0 Å². The molecule has 0 unspecified atom stereocenters. The Kier molecular flexibility index (Phi) is 5.91. The molecule has 0 atom stereocenters. The van der Waals surface area contributed by atoms with Gasteiger partial charge in [-0.25, -0.2) is 13.9 Å². The van der Waals surface area contributed by atoms with E-state index >= 15 is 0 Å². The number of likely N-dealkylation sites (tertiary alicyclic amines) is 1. The van der Waals surface area contributed by atoms with Gasteiger partial charge in [0.1, 0.15) is 11.4 Å². The van der Waals surface area contributed by atoms with Gasteiger partial charge in [-0.15, -0.1) is 0 Å². The fourth-order valence-electron chi connectivity index (χ4n) is 3.33. The molecule has 1 aromatic heterocycles. The van der Waals surface area contributed by atoms with Crippen molar-refractivity contribution in [3.8, 4) is 5.69 Å². The molecule has 0 saturated carbocycles. The number of alkyl carbamates (subject to hydrolysis) is 1. The zero-order valence-electron chi connectivity index (χ0n) is 17.2. The van der Waals surface area contributed by atoms with Gasteiger partial charge >= 0.3 is 6.09 Å². The maximum absolute atomic E-state index is 13.1. The Hall–Kier alpha value is -2.90. The fourth-order valence-corrected chi connectivity index (χ4v) is 3.33. The van der Waals surface area contributed by atoms with E-state index in [0.29, 0.717) is 42.9 Å². The van der Waals surface area contributed by atoms with E-state index in [0.717, 1.165) is 0 Å². The van der Waals surface area contributed by atoms with E-state index in [1.54, 1.807) is 27.9 Å². The van der Waals surface area contributed by atoms with E-state index in [2.05, 4.69) is 10.4 Å². The topological polar surface area (TPSA) is 76.5 Å². The van der Waals surface area contributed by atoms with Gasteiger partial charge in [0.2, 0.25) is 0 Å². The molecular formula is C21H27FN4O3. The number of piperidine rings is 1. The van der Waals surface area contributed by atoms with Gasteiger partial charge in [-0.2, -0.15) is 5.10 Å². The smallest absolute Gasteiger partial charge is 0.407 e. The van der Waals surface area contributed by atoms with Gasteiger partial charge in [0.25, 0.3) is 5.91 Å². The summed E-state index contributed by atoms with van der Waals surface area (Å²) < 4.78 is 20.1. The van der Waals surface area contributed by atoms with Crippen LogP contribution in [0.15, 0.2) is 30.5 Å². The minimum absolute atomic E-state index is 0.0167. The molecule has 0 bridgehead atoms. The van der Waals surface area contributed by atoms with Crippen LogP contribution in [0.2, 0.25) is 0 Å². The maximum atomic E-state index is 13.1. The molecule has 1 fully saturated rings. The number of aromatic nitrogens is 2. The SMILES string of the molecule is Cc1c(C(=O)N2CCC(NC(=O)OC(C)(C)C)CC2)cnn1-c1ccc(F)cc1. The van der Waals surface area contributed by atoms with Crippen molar-refractivity contribution in [1.29, 1.82) is 0 Å². The number of amides is 2. The van der Waals surface area contributed by atoms with Crippen molar-refractivity contribution in [2.75, 3.05) is 13.1 Å². The van der Waals surface area contributed by atoms with Crippen LogP contribution in [0, 0.1) is 12.7 Å². The van der Waals surface area contributed by atoms with Crippen LogP contribution in [0.5, 0.6) is 0 Å². The van der Waals surface area contributed by atoms with Gasteiger partial charge in [0.05, 0.1) is 23.1 Å². The first-order chi connectivity index (χ1) is 13.6. The highest BCUT2D eigenvalue weighted by Crippen LogP contribution is 2.19. The molecule has 1 N–H and O–H groups in total. The molecule has 29 heavy (non-hydrogen) atoms. The Labute approximate surface area is 169 Å².